The summed E-state index contributed by atoms with van der Waals surface area (Å²) in [4.78, 5) is 21.0. The van der Waals surface area contributed by atoms with Crippen molar-refractivity contribution in [2.45, 2.75) is 96.7 Å². The Balaban J connectivity index is 2.13. The number of hydrazine groups is 1. The third kappa shape index (κ3) is 11.4. The summed E-state index contributed by atoms with van der Waals surface area (Å²) in [6, 6.07) is 0.181. The Morgan fingerprint density at radius 3 is 2.77 bits per heavy atom. The van der Waals surface area contributed by atoms with Gasteiger partial charge in [0.25, 0.3) is 0 Å². The van der Waals surface area contributed by atoms with Gasteiger partial charge < -0.3 is 15.9 Å². The second kappa shape index (κ2) is 17.7. The Kier molecular flexibility index (Phi) is 14.7. The third-order valence-electron chi connectivity index (χ3n) is 7.02. The van der Waals surface area contributed by atoms with Gasteiger partial charge in [-0.15, -0.1) is 0 Å². The van der Waals surface area contributed by atoms with Crippen LogP contribution in [-0.4, -0.2) is 56.5 Å². The van der Waals surface area contributed by atoms with E-state index in [1.165, 1.54) is 0 Å². The van der Waals surface area contributed by atoms with Crippen LogP contribution in [0.25, 0.3) is 12.2 Å². The van der Waals surface area contributed by atoms with Gasteiger partial charge >= 0.3 is 5.97 Å². The lowest BCUT2D eigenvalue weighted by Crippen LogP contribution is -2.44. The normalized spacial score (nSPS) is 18.5. The molecule has 0 saturated heterocycles. The van der Waals surface area contributed by atoms with Crippen molar-refractivity contribution in [3.05, 3.63) is 58.2 Å². The zero-order chi connectivity index (χ0) is 28.6. The van der Waals surface area contributed by atoms with Crippen molar-refractivity contribution in [1.82, 2.24) is 20.3 Å². The Bertz CT molecular complexity index is 1110. The van der Waals surface area contributed by atoms with E-state index in [4.69, 9.17) is 26.7 Å². The Morgan fingerprint density at radius 1 is 1.28 bits per heavy atom. The van der Waals surface area contributed by atoms with Gasteiger partial charge in [-0.05, 0) is 77.1 Å². The van der Waals surface area contributed by atoms with E-state index in [1.54, 1.807) is 11.2 Å². The predicted octanol–water partition coefficient (Wildman–Crippen LogP) is 2.35. The molecule has 0 bridgehead atoms. The van der Waals surface area contributed by atoms with Crippen molar-refractivity contribution in [3.63, 3.8) is 0 Å². The summed E-state index contributed by atoms with van der Waals surface area (Å²) in [5.41, 5.74) is 8.46. The number of aliphatic carboxylic acids is 1. The van der Waals surface area contributed by atoms with Crippen molar-refractivity contribution in [2.24, 2.45) is 11.6 Å². The molecular weight excluding hydrogens is 492 g/mol. The first-order chi connectivity index (χ1) is 18.8. The largest absolute Gasteiger partial charge is 0.481 e. The van der Waals surface area contributed by atoms with Crippen LogP contribution in [0, 0.1) is 0 Å². The second-order valence-corrected chi connectivity index (χ2v) is 10.2. The summed E-state index contributed by atoms with van der Waals surface area (Å²) in [6.45, 7) is 7.24. The van der Waals surface area contributed by atoms with Crippen LogP contribution in [0.15, 0.2) is 36.1 Å². The van der Waals surface area contributed by atoms with Crippen molar-refractivity contribution in [3.8, 4) is 0 Å². The molecule has 3 atom stereocenters. The van der Waals surface area contributed by atoms with Crippen LogP contribution in [0.5, 0.6) is 0 Å². The van der Waals surface area contributed by atoms with Crippen LogP contribution in [0.4, 0.5) is 0 Å². The van der Waals surface area contributed by atoms with Crippen LogP contribution in [-0.2, 0) is 11.2 Å². The Hall–Kier alpha value is -2.85. The number of carbonyl (C=O) groups is 1. The number of aliphatic hydroxyl groups excluding tert-OH is 1. The average molecular weight is 541 g/mol. The lowest BCUT2D eigenvalue weighted by molar-refractivity contribution is -0.137. The number of carboxylic acid groups (broad SMARTS) is 1. The van der Waals surface area contributed by atoms with E-state index in [0.717, 1.165) is 59.8 Å². The van der Waals surface area contributed by atoms with Crippen LogP contribution in [0.1, 0.15) is 89.4 Å². The summed E-state index contributed by atoms with van der Waals surface area (Å²) in [5.74, 6) is 5.61. The standard InChI is InChI=1S/C30H48N6O3/c1-4-24(36(32)21-22(3)20-31)18-19-33-28(37)17-16-26-25(5-2)35-30(23-12-8-6-7-9-13-23)27(34-26)14-10-11-15-29(38)39/h5-8,12,16,20,23-24,28,33,37H,4,9-11,13-15,17-19,21,31-32H2,1-3H3,(H,38,39)/b22-20-,25-5+,26-16+. The second-order valence-electron chi connectivity index (χ2n) is 10.2. The van der Waals surface area contributed by atoms with Crippen molar-refractivity contribution >= 4 is 18.1 Å². The predicted molar refractivity (Wildman–Crippen MR) is 157 cm³/mol. The van der Waals surface area contributed by atoms with Crippen LogP contribution >= 0.6 is 0 Å². The van der Waals surface area contributed by atoms with E-state index in [-0.39, 0.29) is 18.4 Å². The van der Waals surface area contributed by atoms with Gasteiger partial charge in [-0.2, -0.15) is 0 Å². The van der Waals surface area contributed by atoms with E-state index in [0.29, 0.717) is 32.4 Å². The van der Waals surface area contributed by atoms with Crippen LogP contribution in [0.2, 0.25) is 0 Å². The quantitative estimate of drug-likeness (QED) is 0.0921. The number of carboxylic acids is 1. The SMILES string of the molecule is C/C=c1/nc(C2C=CC=CCC2)c(CCCCC(=O)O)n/c1=C/CC(O)NCCC(CC)N(N)C/C(C)=C\N. The smallest absolute Gasteiger partial charge is 0.303 e. The van der Waals surface area contributed by atoms with Gasteiger partial charge in [0, 0.05) is 31.3 Å². The molecule has 2 rings (SSSR count). The van der Waals surface area contributed by atoms with Crippen LogP contribution in [0.3, 0.4) is 0 Å². The molecule has 9 nitrogen and oxygen atoms in total. The topological polar surface area (TPSA) is 151 Å². The molecule has 1 aliphatic rings. The molecule has 0 aliphatic heterocycles. The third-order valence-corrected chi connectivity index (χ3v) is 7.02. The maximum Gasteiger partial charge on any atom is 0.303 e. The zero-order valence-electron chi connectivity index (χ0n) is 23.9. The number of nitrogens with two attached hydrogens (primary N) is 2. The summed E-state index contributed by atoms with van der Waals surface area (Å²) >= 11 is 0. The maximum atomic E-state index is 11.0. The number of nitrogens with zero attached hydrogens (tertiary/aromatic N) is 3. The fourth-order valence-electron chi connectivity index (χ4n) is 4.69. The van der Waals surface area contributed by atoms with Gasteiger partial charge in [-0.25, -0.2) is 15.0 Å². The average Bonchev–Trinajstić information content (AvgIpc) is 3.21. The number of aryl methyl sites for hydroxylation is 1. The molecule has 1 heterocycles. The zero-order valence-corrected chi connectivity index (χ0v) is 23.9. The summed E-state index contributed by atoms with van der Waals surface area (Å²) in [7, 11) is 0. The van der Waals surface area contributed by atoms with E-state index in [2.05, 4.69) is 36.5 Å². The number of hydrogen-bond acceptors (Lipinski definition) is 8. The highest BCUT2D eigenvalue weighted by molar-refractivity contribution is 5.66. The van der Waals surface area contributed by atoms with Crippen molar-refractivity contribution < 1.29 is 15.0 Å². The first-order valence-electron chi connectivity index (χ1n) is 14.2. The Morgan fingerprint density at radius 2 is 2.08 bits per heavy atom. The highest BCUT2D eigenvalue weighted by Crippen LogP contribution is 2.25. The molecule has 7 N–H and O–H groups in total. The van der Waals surface area contributed by atoms with Gasteiger partial charge in [0.2, 0.25) is 0 Å². The van der Waals surface area contributed by atoms with E-state index >= 15 is 0 Å². The van der Waals surface area contributed by atoms with Gasteiger partial charge in [0.05, 0.1) is 22.1 Å². The van der Waals surface area contributed by atoms with Gasteiger partial charge in [0.1, 0.15) is 6.23 Å². The monoisotopic (exact) mass is 540 g/mol. The fraction of sp³-hybridized carbons (Fsp3) is 0.567. The number of allylic oxidation sites excluding steroid dienone is 4. The minimum atomic E-state index is -0.780. The molecule has 0 fully saturated rings. The molecule has 0 saturated carbocycles. The number of unbranched alkanes of at least 4 members (excludes halogenated alkanes) is 1. The molecule has 1 aromatic heterocycles. The molecule has 0 aromatic carbocycles. The van der Waals surface area contributed by atoms with Crippen LogP contribution < -0.4 is 27.6 Å². The van der Waals surface area contributed by atoms with Crippen molar-refractivity contribution in [1.29, 1.82) is 0 Å². The highest BCUT2D eigenvalue weighted by Gasteiger charge is 2.17. The molecular formula is C30H48N6O3. The first kappa shape index (κ1) is 32.4. The molecule has 0 spiro atoms. The number of aromatic nitrogens is 2. The fourth-order valence-corrected chi connectivity index (χ4v) is 4.69. The van der Waals surface area contributed by atoms with Gasteiger partial charge in [0.15, 0.2) is 0 Å². The van der Waals surface area contributed by atoms with Gasteiger partial charge in [-0.3, -0.25) is 16.0 Å². The molecule has 216 valence electrons. The van der Waals surface area contributed by atoms with E-state index in [1.807, 2.05) is 26.0 Å². The maximum absolute atomic E-state index is 11.0. The Labute approximate surface area is 233 Å². The summed E-state index contributed by atoms with van der Waals surface area (Å²) in [6.07, 6.45) is 19.4. The molecule has 0 amide bonds. The number of nitrogens with one attached hydrogen (secondary N) is 1. The minimum Gasteiger partial charge on any atom is -0.481 e. The van der Waals surface area contributed by atoms with Crippen molar-refractivity contribution in [2.75, 3.05) is 13.1 Å². The van der Waals surface area contributed by atoms with E-state index < -0.39 is 12.2 Å². The number of rotatable bonds is 16. The number of aliphatic hydroxyl groups is 1. The summed E-state index contributed by atoms with van der Waals surface area (Å²) in [5, 5.41) is 26.2. The summed E-state index contributed by atoms with van der Waals surface area (Å²) < 4.78 is 0. The first-order valence-corrected chi connectivity index (χ1v) is 14.2. The van der Waals surface area contributed by atoms with Gasteiger partial charge in [-0.1, -0.05) is 43.4 Å². The molecule has 0 radical (unpaired) electrons. The molecule has 39 heavy (non-hydrogen) atoms. The minimum absolute atomic E-state index is 0.151. The molecule has 1 aliphatic carbocycles. The van der Waals surface area contributed by atoms with E-state index in [9.17, 15) is 9.90 Å². The highest BCUT2D eigenvalue weighted by atomic mass is 16.4. The molecule has 9 heteroatoms. The molecule has 3 unspecified atom stereocenters. The lowest BCUT2D eigenvalue weighted by atomic mass is 9.95. The molecule has 1 aromatic rings. The number of hydrogen-bond donors (Lipinski definition) is 5. The lowest BCUT2D eigenvalue weighted by Gasteiger charge is -2.27.